The topological polar surface area (TPSA) is 86.5 Å². The summed E-state index contributed by atoms with van der Waals surface area (Å²) in [6.07, 6.45) is 1.46. The van der Waals surface area contributed by atoms with Crippen LogP contribution in [0.3, 0.4) is 0 Å². The van der Waals surface area contributed by atoms with Crippen LogP contribution < -0.4 is 24.0 Å². The Hall–Kier alpha value is -0.873. The summed E-state index contributed by atoms with van der Waals surface area (Å²) in [5, 5.41) is 4.94. The molecule has 0 amide bonds. The first-order valence-electron chi connectivity index (χ1n) is 5.35. The molecule has 102 valence electrons. The van der Waals surface area contributed by atoms with Crippen molar-refractivity contribution in [1.82, 2.24) is 0 Å². The van der Waals surface area contributed by atoms with Gasteiger partial charge in [-0.1, -0.05) is 13.3 Å². The van der Waals surface area contributed by atoms with E-state index >= 15 is 0 Å². The van der Waals surface area contributed by atoms with Gasteiger partial charge in [-0.25, -0.2) is 22.7 Å². The molecule has 0 aromatic heterocycles. The van der Waals surface area contributed by atoms with Crippen molar-refractivity contribution in [2.45, 2.75) is 24.7 Å². The molecule has 0 atom stereocenters. The fraction of sp³-hybridized carbons (Fsp3) is 0.364. The molecule has 0 saturated heterocycles. The van der Waals surface area contributed by atoms with Crippen LogP contribution in [-0.4, -0.2) is 21.0 Å². The van der Waals surface area contributed by atoms with Gasteiger partial charge in [-0.3, -0.25) is 0 Å². The maximum atomic E-state index is 13.0. The van der Waals surface area contributed by atoms with Gasteiger partial charge in [0.05, 0.1) is 17.1 Å². The van der Waals surface area contributed by atoms with E-state index in [2.05, 4.69) is 0 Å². The average molecular weight is 283 g/mol. The Kier molecular flexibility index (Phi) is 7.30. The van der Waals surface area contributed by atoms with Crippen LogP contribution >= 0.6 is 0 Å². The molecular weight excluding hydrogens is 268 g/mol. The Morgan fingerprint density at radius 2 is 2.11 bits per heavy atom. The summed E-state index contributed by atoms with van der Waals surface area (Å²) >= 11 is 0. The Morgan fingerprint density at radius 3 is 2.63 bits per heavy atom. The molecule has 0 radical (unpaired) electrons. The Balaban J connectivity index is 0. The second-order valence-electron chi connectivity index (χ2n) is 3.67. The van der Waals surface area contributed by atoms with Crippen molar-refractivity contribution >= 4 is 16.0 Å². The minimum atomic E-state index is -4.09. The van der Waals surface area contributed by atoms with Gasteiger partial charge in [-0.2, -0.15) is 0 Å². The summed E-state index contributed by atoms with van der Waals surface area (Å²) in [7, 11) is -4.09. The first-order valence-corrected chi connectivity index (χ1v) is 6.90. The van der Waals surface area contributed by atoms with Gasteiger partial charge in [0.15, 0.2) is 0 Å². The molecule has 1 aromatic rings. The number of benzene rings is 1. The molecule has 0 saturated carbocycles. The standard InChI is InChI=1S/C11H14FNO4S.Li.H/c1-2-3-6-17-11(14)9-7-8(12)4-5-10(9)18(13,15)16;;/h4-5,7H,2-3,6H2,1H3,(H2,13,15,16);;/q;+1;-1. The van der Waals surface area contributed by atoms with E-state index in [4.69, 9.17) is 9.88 Å². The molecule has 1 rings (SSSR count). The van der Waals surface area contributed by atoms with Crippen molar-refractivity contribution < 1.29 is 42.6 Å². The van der Waals surface area contributed by atoms with Gasteiger partial charge in [0.25, 0.3) is 0 Å². The smallest absolute Gasteiger partial charge is 1.00 e. The third-order valence-corrected chi connectivity index (χ3v) is 3.17. The monoisotopic (exact) mass is 283 g/mol. The van der Waals surface area contributed by atoms with Gasteiger partial charge in [0, 0.05) is 0 Å². The number of sulfonamides is 1. The Bertz CT molecular complexity index is 553. The third kappa shape index (κ3) is 5.33. The van der Waals surface area contributed by atoms with E-state index in [-0.39, 0.29) is 32.5 Å². The normalized spacial score (nSPS) is 10.7. The van der Waals surface area contributed by atoms with Crippen LogP contribution in [-0.2, 0) is 14.8 Å². The zero-order chi connectivity index (χ0) is 13.8. The Morgan fingerprint density at radius 1 is 1.47 bits per heavy atom. The number of hydrogen-bond donors (Lipinski definition) is 1. The van der Waals surface area contributed by atoms with Crippen molar-refractivity contribution in [3.05, 3.63) is 29.6 Å². The van der Waals surface area contributed by atoms with Crippen molar-refractivity contribution in [1.29, 1.82) is 0 Å². The minimum absolute atomic E-state index is 0. The number of carbonyl (C=O) groups excluding carboxylic acids is 1. The predicted molar refractivity (Wildman–Crippen MR) is 64.1 cm³/mol. The average Bonchev–Trinajstić information content (AvgIpc) is 2.27. The molecule has 8 heteroatoms. The van der Waals surface area contributed by atoms with E-state index in [1.54, 1.807) is 0 Å². The number of carbonyl (C=O) groups is 1. The molecule has 19 heavy (non-hydrogen) atoms. The van der Waals surface area contributed by atoms with Crippen LogP contribution in [0.4, 0.5) is 4.39 Å². The SMILES string of the molecule is CCCCOC(=O)c1cc(F)ccc1S(N)(=O)=O.[H-].[Li+]. The second kappa shape index (κ2) is 7.65. The van der Waals surface area contributed by atoms with E-state index in [1.807, 2.05) is 6.92 Å². The van der Waals surface area contributed by atoms with Gasteiger partial charge in [-0.05, 0) is 24.6 Å². The first kappa shape index (κ1) is 18.1. The molecular formula is C11H15FLiNO4S. The van der Waals surface area contributed by atoms with Crippen LogP contribution in [0.1, 0.15) is 31.6 Å². The van der Waals surface area contributed by atoms with Crippen molar-refractivity contribution in [3.63, 3.8) is 0 Å². The van der Waals surface area contributed by atoms with Crippen molar-refractivity contribution in [3.8, 4) is 0 Å². The van der Waals surface area contributed by atoms with Crippen molar-refractivity contribution in [2.75, 3.05) is 6.61 Å². The van der Waals surface area contributed by atoms with E-state index in [0.717, 1.165) is 24.6 Å². The van der Waals surface area contributed by atoms with E-state index in [0.29, 0.717) is 6.42 Å². The van der Waals surface area contributed by atoms with E-state index < -0.39 is 26.7 Å². The number of esters is 1. The van der Waals surface area contributed by atoms with Crippen LogP contribution in [0.2, 0.25) is 0 Å². The van der Waals surface area contributed by atoms with Gasteiger partial charge in [-0.15, -0.1) is 0 Å². The van der Waals surface area contributed by atoms with Gasteiger partial charge >= 0.3 is 24.8 Å². The molecule has 0 aliphatic carbocycles. The molecule has 0 fully saturated rings. The zero-order valence-electron chi connectivity index (χ0n) is 11.8. The molecule has 2 N–H and O–H groups in total. The summed E-state index contributed by atoms with van der Waals surface area (Å²) in [4.78, 5) is 11.2. The quantitative estimate of drug-likeness (QED) is 0.407. The molecule has 5 nitrogen and oxygen atoms in total. The summed E-state index contributed by atoms with van der Waals surface area (Å²) in [6, 6.07) is 2.66. The van der Waals surface area contributed by atoms with Gasteiger partial charge in [0.2, 0.25) is 10.0 Å². The molecule has 1 aromatic carbocycles. The summed E-state index contributed by atoms with van der Waals surface area (Å²) in [5.41, 5.74) is -0.381. The number of halogens is 1. The zero-order valence-corrected chi connectivity index (χ0v) is 11.7. The molecule has 0 bridgehead atoms. The molecule has 0 aliphatic rings. The molecule has 0 heterocycles. The van der Waals surface area contributed by atoms with Crippen molar-refractivity contribution in [2.24, 2.45) is 5.14 Å². The summed E-state index contributed by atoms with van der Waals surface area (Å²) < 4.78 is 40.4. The van der Waals surface area contributed by atoms with E-state index in [1.165, 1.54) is 0 Å². The summed E-state index contributed by atoms with van der Waals surface area (Å²) in [6.45, 7) is 2.06. The summed E-state index contributed by atoms with van der Waals surface area (Å²) in [5.74, 6) is -1.63. The Labute approximate surface area is 125 Å². The number of rotatable bonds is 5. The fourth-order valence-electron chi connectivity index (χ4n) is 1.30. The molecule has 0 spiro atoms. The number of unbranched alkanes of at least 4 members (excludes halogenated alkanes) is 1. The van der Waals surface area contributed by atoms with Gasteiger partial charge < -0.3 is 6.16 Å². The fourth-order valence-corrected chi connectivity index (χ4v) is 2.00. The van der Waals surface area contributed by atoms with E-state index in [9.17, 15) is 17.6 Å². The number of ether oxygens (including phenoxy) is 1. The minimum Gasteiger partial charge on any atom is -1.00 e. The third-order valence-electron chi connectivity index (χ3n) is 2.20. The van der Waals surface area contributed by atoms with Crippen LogP contribution in [0, 0.1) is 5.82 Å². The number of primary sulfonamides is 1. The maximum absolute atomic E-state index is 13.0. The predicted octanol–water partition coefficient (Wildman–Crippen LogP) is -1.45. The largest absolute Gasteiger partial charge is 1.00 e. The first-order chi connectivity index (χ1) is 8.36. The molecule has 0 unspecified atom stereocenters. The molecule has 0 aliphatic heterocycles. The second-order valence-corrected chi connectivity index (χ2v) is 5.20. The van der Waals surface area contributed by atoms with Crippen LogP contribution in [0.15, 0.2) is 23.1 Å². The number of nitrogens with two attached hydrogens (primary N) is 1. The van der Waals surface area contributed by atoms with Gasteiger partial charge in [0.1, 0.15) is 5.82 Å². The number of hydrogen-bond acceptors (Lipinski definition) is 4. The van der Waals surface area contributed by atoms with Crippen LogP contribution in [0.25, 0.3) is 0 Å². The maximum Gasteiger partial charge on any atom is 1.00 e. The van der Waals surface area contributed by atoms with Crippen LogP contribution in [0.5, 0.6) is 0 Å².